The first kappa shape index (κ1) is 25.5. The Morgan fingerprint density at radius 1 is 1.19 bits per heavy atom. The van der Waals surface area contributed by atoms with Gasteiger partial charge in [0, 0.05) is 28.1 Å². The van der Waals surface area contributed by atoms with E-state index >= 15 is 0 Å². The highest BCUT2D eigenvalue weighted by molar-refractivity contribution is 14.1. The largest absolute Gasteiger partial charge is 0.490 e. The third-order valence-electron chi connectivity index (χ3n) is 4.98. The standard InChI is InChI=1S/C25H19ClIN3O6/c1-2-34-22-10-15(9-20(27)24(22)35-14-16-5-3-4-6-19(16)26)13-28-29-25(31)23-12-17-11-18(30(32)33)7-8-21(17)36-23/h3-13H,2,14H2,1H3,(H,29,31)/b28-13+. The number of nitrogens with one attached hydrogen (secondary N) is 1. The number of hydrazone groups is 1. The first-order valence-electron chi connectivity index (χ1n) is 10.7. The van der Waals surface area contributed by atoms with Gasteiger partial charge < -0.3 is 13.9 Å². The summed E-state index contributed by atoms with van der Waals surface area (Å²) in [7, 11) is 0. The zero-order valence-corrected chi connectivity index (χ0v) is 21.8. The van der Waals surface area contributed by atoms with Crippen molar-refractivity contribution in [3.63, 3.8) is 0 Å². The van der Waals surface area contributed by atoms with Crippen LogP contribution in [0.5, 0.6) is 11.5 Å². The van der Waals surface area contributed by atoms with Crippen molar-refractivity contribution in [3.8, 4) is 11.5 Å². The van der Waals surface area contributed by atoms with Gasteiger partial charge in [-0.2, -0.15) is 5.10 Å². The number of amides is 1. The first-order chi connectivity index (χ1) is 17.4. The van der Waals surface area contributed by atoms with E-state index in [1.807, 2.05) is 31.2 Å². The van der Waals surface area contributed by atoms with Crippen LogP contribution in [0.1, 0.15) is 28.6 Å². The highest BCUT2D eigenvalue weighted by Gasteiger charge is 2.15. The fourth-order valence-electron chi connectivity index (χ4n) is 3.31. The van der Waals surface area contributed by atoms with Crippen LogP contribution in [-0.4, -0.2) is 23.7 Å². The van der Waals surface area contributed by atoms with Gasteiger partial charge in [-0.1, -0.05) is 29.8 Å². The number of nitro benzene ring substituents is 1. The molecule has 0 fully saturated rings. The predicted molar refractivity (Wildman–Crippen MR) is 144 cm³/mol. The molecular weight excluding hydrogens is 601 g/mol. The van der Waals surface area contributed by atoms with Crippen LogP contribution in [0.25, 0.3) is 11.0 Å². The van der Waals surface area contributed by atoms with E-state index in [1.54, 1.807) is 12.1 Å². The maximum absolute atomic E-state index is 12.5. The molecule has 0 unspecified atom stereocenters. The van der Waals surface area contributed by atoms with Gasteiger partial charge in [-0.3, -0.25) is 14.9 Å². The number of nitrogens with zero attached hydrogens (tertiary/aromatic N) is 2. The molecule has 0 spiro atoms. The fraction of sp³-hybridized carbons (Fsp3) is 0.120. The molecule has 9 nitrogen and oxygen atoms in total. The monoisotopic (exact) mass is 619 g/mol. The molecule has 11 heteroatoms. The SMILES string of the molecule is CCOc1cc(/C=N/NC(=O)c2cc3cc([N+](=O)[O-])ccc3o2)cc(I)c1OCc1ccccc1Cl. The van der Waals surface area contributed by atoms with Crippen LogP contribution in [0.15, 0.2) is 70.2 Å². The molecule has 184 valence electrons. The number of carbonyl (C=O) groups excluding carboxylic acids is 1. The molecule has 36 heavy (non-hydrogen) atoms. The number of halogens is 2. The molecule has 3 aromatic carbocycles. The van der Waals surface area contributed by atoms with E-state index in [-0.39, 0.29) is 18.1 Å². The Balaban J connectivity index is 1.47. The van der Waals surface area contributed by atoms with Crippen molar-refractivity contribution in [3.05, 3.63) is 96.3 Å². The molecule has 0 radical (unpaired) electrons. The lowest BCUT2D eigenvalue weighted by molar-refractivity contribution is -0.384. The zero-order valence-electron chi connectivity index (χ0n) is 18.9. The zero-order chi connectivity index (χ0) is 25.7. The highest BCUT2D eigenvalue weighted by atomic mass is 127. The lowest BCUT2D eigenvalue weighted by Gasteiger charge is -2.15. The Hall–Kier alpha value is -3.64. The summed E-state index contributed by atoms with van der Waals surface area (Å²) in [6, 6.07) is 16.5. The van der Waals surface area contributed by atoms with Crippen molar-refractivity contribution in [1.29, 1.82) is 0 Å². The van der Waals surface area contributed by atoms with E-state index in [0.717, 1.165) is 9.13 Å². The molecule has 1 N–H and O–H groups in total. The Labute approximate surface area is 224 Å². The molecule has 0 saturated heterocycles. The van der Waals surface area contributed by atoms with Crippen molar-refractivity contribution in [2.75, 3.05) is 6.61 Å². The molecule has 0 aliphatic heterocycles. The lowest BCUT2D eigenvalue weighted by Crippen LogP contribution is -2.16. The second kappa shape index (κ2) is 11.4. The van der Waals surface area contributed by atoms with Crippen LogP contribution in [0, 0.1) is 13.7 Å². The van der Waals surface area contributed by atoms with Gasteiger partial charge in [0.15, 0.2) is 17.3 Å². The summed E-state index contributed by atoms with van der Waals surface area (Å²) in [4.78, 5) is 22.9. The van der Waals surface area contributed by atoms with E-state index in [0.29, 0.717) is 39.7 Å². The number of fused-ring (bicyclic) bond motifs is 1. The van der Waals surface area contributed by atoms with E-state index in [9.17, 15) is 14.9 Å². The van der Waals surface area contributed by atoms with Gasteiger partial charge in [-0.15, -0.1) is 0 Å². The van der Waals surface area contributed by atoms with Gasteiger partial charge in [0.1, 0.15) is 12.2 Å². The quantitative estimate of drug-likeness (QED) is 0.101. The summed E-state index contributed by atoms with van der Waals surface area (Å²) in [5.74, 6) is 0.498. The van der Waals surface area contributed by atoms with Gasteiger partial charge in [0.25, 0.3) is 5.69 Å². The normalized spacial score (nSPS) is 11.1. The van der Waals surface area contributed by atoms with Crippen LogP contribution < -0.4 is 14.9 Å². The van der Waals surface area contributed by atoms with Gasteiger partial charge in [-0.25, -0.2) is 5.43 Å². The second-order valence-electron chi connectivity index (χ2n) is 7.43. The Morgan fingerprint density at radius 3 is 2.75 bits per heavy atom. The summed E-state index contributed by atoms with van der Waals surface area (Å²) in [6.45, 7) is 2.58. The molecule has 0 atom stereocenters. The van der Waals surface area contributed by atoms with Crippen LogP contribution >= 0.6 is 34.2 Å². The van der Waals surface area contributed by atoms with Gasteiger partial charge in [-0.05, 0) is 65.4 Å². The van der Waals surface area contributed by atoms with E-state index in [1.165, 1.54) is 30.5 Å². The van der Waals surface area contributed by atoms with Crippen LogP contribution in [0.4, 0.5) is 5.69 Å². The smallest absolute Gasteiger partial charge is 0.307 e. The number of hydrogen-bond acceptors (Lipinski definition) is 7. The van der Waals surface area contributed by atoms with E-state index in [4.69, 9.17) is 25.5 Å². The number of hydrogen-bond donors (Lipinski definition) is 1. The molecule has 1 heterocycles. The Morgan fingerprint density at radius 2 is 2.00 bits per heavy atom. The molecule has 4 aromatic rings. The molecule has 4 rings (SSSR count). The molecule has 1 amide bonds. The summed E-state index contributed by atoms with van der Waals surface area (Å²) in [5, 5.41) is 16.0. The number of rotatable bonds is 9. The van der Waals surface area contributed by atoms with Crippen molar-refractivity contribution in [2.45, 2.75) is 13.5 Å². The number of nitro groups is 1. The number of ether oxygens (including phenoxy) is 2. The third-order valence-corrected chi connectivity index (χ3v) is 6.15. The lowest BCUT2D eigenvalue weighted by atomic mass is 10.2. The maximum atomic E-state index is 12.5. The third kappa shape index (κ3) is 5.94. The fourth-order valence-corrected chi connectivity index (χ4v) is 4.28. The van der Waals surface area contributed by atoms with Crippen molar-refractivity contribution in [1.82, 2.24) is 5.43 Å². The summed E-state index contributed by atoms with van der Waals surface area (Å²) < 4.78 is 18.0. The van der Waals surface area contributed by atoms with E-state index < -0.39 is 10.8 Å². The minimum absolute atomic E-state index is 0.0180. The predicted octanol–water partition coefficient (Wildman–Crippen LogP) is 6.34. The Kier molecular flexibility index (Phi) is 8.06. The number of non-ortho nitro benzene ring substituents is 1. The van der Waals surface area contributed by atoms with Crippen LogP contribution in [0.3, 0.4) is 0 Å². The summed E-state index contributed by atoms with van der Waals surface area (Å²) >= 11 is 8.37. The number of benzene rings is 3. The average Bonchev–Trinajstić information content (AvgIpc) is 3.28. The number of carbonyl (C=O) groups is 1. The number of furan rings is 1. The van der Waals surface area contributed by atoms with Crippen LogP contribution in [0.2, 0.25) is 5.02 Å². The van der Waals surface area contributed by atoms with Gasteiger partial charge >= 0.3 is 5.91 Å². The molecule has 0 saturated carbocycles. The summed E-state index contributed by atoms with van der Waals surface area (Å²) in [6.07, 6.45) is 1.47. The molecular formula is C25H19ClIN3O6. The topological polar surface area (TPSA) is 116 Å². The van der Waals surface area contributed by atoms with Gasteiger partial charge in [0.2, 0.25) is 0 Å². The maximum Gasteiger partial charge on any atom is 0.307 e. The molecule has 0 bridgehead atoms. The van der Waals surface area contributed by atoms with Gasteiger partial charge in [0.05, 0.1) is 21.3 Å². The first-order valence-corrected chi connectivity index (χ1v) is 12.1. The Bertz CT molecular complexity index is 1470. The van der Waals surface area contributed by atoms with Crippen molar-refractivity contribution >= 4 is 63.0 Å². The van der Waals surface area contributed by atoms with Crippen LogP contribution in [-0.2, 0) is 6.61 Å². The van der Waals surface area contributed by atoms with Crippen molar-refractivity contribution in [2.24, 2.45) is 5.10 Å². The van der Waals surface area contributed by atoms with Crippen molar-refractivity contribution < 1.29 is 23.6 Å². The molecule has 1 aromatic heterocycles. The minimum atomic E-state index is -0.593. The average molecular weight is 620 g/mol. The minimum Gasteiger partial charge on any atom is -0.490 e. The molecule has 0 aliphatic rings. The highest BCUT2D eigenvalue weighted by Crippen LogP contribution is 2.35. The molecule has 0 aliphatic carbocycles. The van der Waals surface area contributed by atoms with E-state index in [2.05, 4.69) is 33.1 Å². The second-order valence-corrected chi connectivity index (χ2v) is 9.00. The summed E-state index contributed by atoms with van der Waals surface area (Å²) in [5.41, 5.74) is 4.19.